The van der Waals surface area contributed by atoms with Crippen LogP contribution in [0.25, 0.3) is 0 Å². The number of allylic oxidation sites excluding steroid dienone is 2. The highest BCUT2D eigenvalue weighted by molar-refractivity contribution is 6.36. The molecule has 0 aliphatic rings. The highest BCUT2D eigenvalue weighted by Gasteiger charge is 2.15. The zero-order valence-electron chi connectivity index (χ0n) is 24.8. The Hall–Kier alpha value is -2.97. The van der Waals surface area contributed by atoms with Crippen LogP contribution in [0.4, 0.5) is 0 Å². The van der Waals surface area contributed by atoms with Gasteiger partial charge in [-0.1, -0.05) is 76.7 Å². The van der Waals surface area contributed by atoms with E-state index in [1.54, 1.807) is 0 Å². The number of rotatable bonds is 26. The summed E-state index contributed by atoms with van der Waals surface area (Å²) in [4.78, 5) is 59.2. The summed E-state index contributed by atoms with van der Waals surface area (Å²) in [7, 11) is 0. The number of carbonyl (C=O) groups is 5. The summed E-state index contributed by atoms with van der Waals surface area (Å²) < 4.78 is 10.2. The number of unbranched alkanes of at least 4 members (excludes halogenated alkanes) is 8. The van der Waals surface area contributed by atoms with Crippen molar-refractivity contribution in [3.63, 3.8) is 0 Å². The minimum atomic E-state index is -0.773. The number of esters is 2. The standard InChI is InChI=1S/C31H52N2O7/c1-3-5-7-9-11-13-15-25-39-29(36)19-17-23-32-28(35)22-21-27(34)31(38)33-24-18-20-30(37)40-26-16-14-12-10-8-6-4-2/h13-16H,3-12,17-26H2,1-2H3,(H,32,35)(H,33,38)/b15-13-,16-14-. The molecule has 0 atom stereocenters. The van der Waals surface area contributed by atoms with Gasteiger partial charge in [0, 0.05) is 38.8 Å². The zero-order chi connectivity index (χ0) is 29.7. The molecule has 0 aromatic heterocycles. The summed E-state index contributed by atoms with van der Waals surface area (Å²) in [5.41, 5.74) is 0. The van der Waals surface area contributed by atoms with Crippen molar-refractivity contribution in [2.24, 2.45) is 0 Å². The topological polar surface area (TPSA) is 128 Å². The van der Waals surface area contributed by atoms with Crippen LogP contribution >= 0.6 is 0 Å². The van der Waals surface area contributed by atoms with Crippen molar-refractivity contribution in [2.75, 3.05) is 26.3 Å². The minimum Gasteiger partial charge on any atom is -0.461 e. The SMILES string of the molecule is CCCCCC/C=C\COC(=O)CCCNC(=O)CCC(=O)C(=O)NCCCC(=O)OC/C=C\CCCCCC. The summed E-state index contributed by atoms with van der Waals surface area (Å²) in [6, 6.07) is 0. The molecule has 9 nitrogen and oxygen atoms in total. The third kappa shape index (κ3) is 25.3. The fraction of sp³-hybridized carbons (Fsp3) is 0.710. The van der Waals surface area contributed by atoms with Crippen LogP contribution in [0.2, 0.25) is 0 Å². The summed E-state index contributed by atoms with van der Waals surface area (Å²) in [5, 5.41) is 5.10. The molecule has 0 aliphatic heterocycles. The molecule has 40 heavy (non-hydrogen) atoms. The van der Waals surface area contributed by atoms with Gasteiger partial charge in [-0.3, -0.25) is 24.0 Å². The Labute approximate surface area is 240 Å². The van der Waals surface area contributed by atoms with E-state index in [0.29, 0.717) is 12.8 Å². The summed E-state index contributed by atoms with van der Waals surface area (Å²) >= 11 is 0. The number of nitrogens with one attached hydrogen (secondary N) is 2. The third-order valence-electron chi connectivity index (χ3n) is 6.02. The number of ketones is 1. The Kier molecular flexibility index (Phi) is 25.5. The van der Waals surface area contributed by atoms with E-state index in [1.807, 2.05) is 24.3 Å². The molecule has 0 aliphatic carbocycles. The second-order valence-electron chi connectivity index (χ2n) is 9.74. The lowest BCUT2D eigenvalue weighted by Crippen LogP contribution is -2.33. The van der Waals surface area contributed by atoms with Gasteiger partial charge in [0.25, 0.3) is 5.91 Å². The molecule has 0 rings (SSSR count). The largest absolute Gasteiger partial charge is 0.461 e. The maximum atomic E-state index is 11.9. The van der Waals surface area contributed by atoms with Gasteiger partial charge in [0.1, 0.15) is 13.2 Å². The molecule has 2 N–H and O–H groups in total. The fourth-order valence-electron chi connectivity index (χ4n) is 3.60. The Balaban J connectivity index is 3.73. The summed E-state index contributed by atoms with van der Waals surface area (Å²) in [5.74, 6) is -2.51. The first-order valence-electron chi connectivity index (χ1n) is 15.1. The Bertz CT molecular complexity index is 778. The highest BCUT2D eigenvalue weighted by atomic mass is 16.5. The van der Waals surface area contributed by atoms with Gasteiger partial charge in [-0.25, -0.2) is 0 Å². The highest BCUT2D eigenvalue weighted by Crippen LogP contribution is 2.04. The van der Waals surface area contributed by atoms with Crippen molar-refractivity contribution >= 4 is 29.5 Å². The smallest absolute Gasteiger partial charge is 0.306 e. The van der Waals surface area contributed by atoms with Crippen molar-refractivity contribution in [1.29, 1.82) is 0 Å². The molecule has 0 spiro atoms. The molecule has 0 radical (unpaired) electrons. The molecular formula is C31H52N2O7. The quantitative estimate of drug-likeness (QED) is 0.0634. The van der Waals surface area contributed by atoms with Crippen molar-refractivity contribution in [3.05, 3.63) is 24.3 Å². The number of amides is 2. The number of carbonyl (C=O) groups excluding carboxylic acids is 5. The molecule has 0 aromatic rings. The van der Waals surface area contributed by atoms with E-state index in [1.165, 1.54) is 38.5 Å². The number of Topliss-reactive ketones (excluding diaryl/α,β-unsaturated/α-hetero) is 1. The van der Waals surface area contributed by atoms with Gasteiger partial charge in [-0.2, -0.15) is 0 Å². The molecule has 0 saturated carbocycles. The van der Waals surface area contributed by atoms with E-state index < -0.39 is 11.7 Å². The Morgan fingerprint density at radius 1 is 0.550 bits per heavy atom. The van der Waals surface area contributed by atoms with E-state index in [9.17, 15) is 24.0 Å². The van der Waals surface area contributed by atoms with E-state index in [2.05, 4.69) is 24.5 Å². The van der Waals surface area contributed by atoms with Crippen LogP contribution in [0.15, 0.2) is 24.3 Å². The molecule has 0 saturated heterocycles. The zero-order valence-corrected chi connectivity index (χ0v) is 24.8. The molecule has 9 heteroatoms. The minimum absolute atomic E-state index is 0.113. The lowest BCUT2D eigenvalue weighted by Gasteiger charge is -2.06. The van der Waals surface area contributed by atoms with Gasteiger partial charge in [0.2, 0.25) is 11.7 Å². The maximum absolute atomic E-state index is 11.9. The molecule has 0 heterocycles. The van der Waals surface area contributed by atoms with Crippen molar-refractivity contribution < 1.29 is 33.4 Å². The van der Waals surface area contributed by atoms with E-state index in [-0.39, 0.29) is 69.8 Å². The average Bonchev–Trinajstić information content (AvgIpc) is 2.94. The Morgan fingerprint density at radius 2 is 1.05 bits per heavy atom. The number of hydrogen-bond acceptors (Lipinski definition) is 7. The van der Waals surface area contributed by atoms with Crippen molar-refractivity contribution in [1.82, 2.24) is 10.6 Å². The predicted octanol–water partition coefficient (Wildman–Crippen LogP) is 5.27. The average molecular weight is 565 g/mol. The number of hydrogen-bond donors (Lipinski definition) is 2. The summed E-state index contributed by atoms with van der Waals surface area (Å²) in [6.07, 6.45) is 20.1. The van der Waals surface area contributed by atoms with Gasteiger partial charge in [-0.15, -0.1) is 0 Å². The maximum Gasteiger partial charge on any atom is 0.306 e. The van der Waals surface area contributed by atoms with Gasteiger partial charge in [-0.05, 0) is 38.5 Å². The van der Waals surface area contributed by atoms with Gasteiger partial charge < -0.3 is 20.1 Å². The molecule has 0 bridgehead atoms. The molecule has 0 fully saturated rings. The Morgan fingerprint density at radius 3 is 1.55 bits per heavy atom. The normalized spacial score (nSPS) is 11.1. The monoisotopic (exact) mass is 564 g/mol. The first-order chi connectivity index (χ1) is 19.4. The first-order valence-corrected chi connectivity index (χ1v) is 15.1. The van der Waals surface area contributed by atoms with Crippen molar-refractivity contribution in [2.45, 2.75) is 117 Å². The van der Waals surface area contributed by atoms with Crippen molar-refractivity contribution in [3.8, 4) is 0 Å². The molecule has 228 valence electrons. The van der Waals surface area contributed by atoms with Crippen LogP contribution in [0.3, 0.4) is 0 Å². The lowest BCUT2D eigenvalue weighted by atomic mass is 10.1. The molecule has 2 amide bonds. The molecule has 0 aromatic carbocycles. The summed E-state index contributed by atoms with van der Waals surface area (Å²) in [6.45, 7) is 5.29. The predicted molar refractivity (Wildman–Crippen MR) is 156 cm³/mol. The fourth-order valence-corrected chi connectivity index (χ4v) is 3.60. The van der Waals surface area contributed by atoms with Crippen LogP contribution in [0.1, 0.15) is 117 Å². The van der Waals surface area contributed by atoms with E-state index in [0.717, 1.165) is 25.7 Å². The molecular weight excluding hydrogens is 512 g/mol. The third-order valence-corrected chi connectivity index (χ3v) is 6.02. The van der Waals surface area contributed by atoms with Crippen LogP contribution in [-0.4, -0.2) is 55.8 Å². The van der Waals surface area contributed by atoms with E-state index >= 15 is 0 Å². The van der Waals surface area contributed by atoms with Gasteiger partial charge in [0.15, 0.2) is 0 Å². The first kappa shape index (κ1) is 37.0. The molecule has 0 unspecified atom stereocenters. The second-order valence-corrected chi connectivity index (χ2v) is 9.74. The van der Waals surface area contributed by atoms with Crippen LogP contribution < -0.4 is 10.6 Å². The van der Waals surface area contributed by atoms with Crippen LogP contribution in [0, 0.1) is 0 Å². The second kappa shape index (κ2) is 27.6. The van der Waals surface area contributed by atoms with Crippen LogP contribution in [-0.2, 0) is 33.4 Å². The lowest BCUT2D eigenvalue weighted by molar-refractivity contribution is -0.143. The number of ether oxygens (including phenoxy) is 2. The van der Waals surface area contributed by atoms with Crippen LogP contribution in [0.5, 0.6) is 0 Å². The van der Waals surface area contributed by atoms with Gasteiger partial charge >= 0.3 is 11.9 Å². The van der Waals surface area contributed by atoms with Gasteiger partial charge in [0.05, 0.1) is 0 Å². The van der Waals surface area contributed by atoms with E-state index in [4.69, 9.17) is 9.47 Å².